The second-order valence-electron chi connectivity index (χ2n) is 12.5. The fourth-order valence-corrected chi connectivity index (χ4v) is 7.07. The van der Waals surface area contributed by atoms with Crippen LogP contribution in [0.5, 0.6) is 11.5 Å². The molecule has 0 atom stereocenters. The van der Waals surface area contributed by atoms with E-state index in [-0.39, 0.29) is 29.0 Å². The van der Waals surface area contributed by atoms with Gasteiger partial charge in [0.1, 0.15) is 6.61 Å². The fourth-order valence-electron chi connectivity index (χ4n) is 6.31. The fraction of sp³-hybridized carbons (Fsp3) is 0.438. The van der Waals surface area contributed by atoms with Gasteiger partial charge in [0.15, 0.2) is 23.1 Å². The van der Waals surface area contributed by atoms with Crippen LogP contribution in [0.4, 0.5) is 0 Å². The number of rotatable bonds is 5. The van der Waals surface area contributed by atoms with Gasteiger partial charge >= 0.3 is 0 Å². The third-order valence-corrected chi connectivity index (χ3v) is 9.05. The summed E-state index contributed by atoms with van der Waals surface area (Å²) in [6.45, 7) is 8.84. The van der Waals surface area contributed by atoms with E-state index >= 15 is 0 Å². The number of hydrogen-bond donors (Lipinski definition) is 0. The molecule has 1 aliphatic heterocycles. The highest BCUT2D eigenvalue weighted by Crippen LogP contribution is 2.55. The number of Topliss-reactive ketones (excluding diaryl/α,β-unsaturated/α-hetero) is 2. The maximum atomic E-state index is 13.8. The third-order valence-electron chi connectivity index (χ3n) is 8.09. The van der Waals surface area contributed by atoms with Gasteiger partial charge in [-0.2, -0.15) is 0 Å². The first-order chi connectivity index (χ1) is 18.3. The van der Waals surface area contributed by atoms with Crippen molar-refractivity contribution in [2.24, 2.45) is 10.8 Å². The van der Waals surface area contributed by atoms with E-state index in [9.17, 15) is 9.59 Å². The molecule has 206 valence electrons. The van der Waals surface area contributed by atoms with Gasteiger partial charge < -0.3 is 14.4 Å². The maximum Gasteiger partial charge on any atom is 0.175 e. The molecule has 0 bridgehead atoms. The zero-order valence-corrected chi connectivity index (χ0v) is 25.8. The van der Waals surface area contributed by atoms with Crippen LogP contribution in [0.25, 0.3) is 0 Å². The Balaban J connectivity index is 1.63. The molecule has 5 rings (SSSR count). The van der Waals surface area contributed by atoms with E-state index in [1.807, 2.05) is 43.4 Å². The quantitative estimate of drug-likeness (QED) is 0.342. The van der Waals surface area contributed by atoms with Crippen molar-refractivity contribution in [1.82, 2.24) is 4.90 Å². The number of carbonyl (C=O) groups excluding carboxylic acids is 2. The van der Waals surface area contributed by atoms with Crippen molar-refractivity contribution in [2.45, 2.75) is 65.9 Å². The predicted octanol–water partition coefficient (Wildman–Crippen LogP) is 8.01. The Hall–Kier alpha value is -2.57. The SMILES string of the molecule is COc1cc(C2C3=C(CC(C)(C)CC3=O)N(C)C3=C2C(=O)CC(C)(C)C3)cc(Br)c1OCc1ccccc1Cl. The average Bonchev–Trinajstić information content (AvgIpc) is 2.84. The minimum Gasteiger partial charge on any atom is -0.493 e. The lowest BCUT2D eigenvalue weighted by atomic mass is 9.64. The highest BCUT2D eigenvalue weighted by molar-refractivity contribution is 9.10. The van der Waals surface area contributed by atoms with Gasteiger partial charge in [0, 0.05) is 58.9 Å². The van der Waals surface area contributed by atoms with Crippen LogP contribution >= 0.6 is 27.5 Å². The first-order valence-corrected chi connectivity index (χ1v) is 14.5. The van der Waals surface area contributed by atoms with Gasteiger partial charge in [0.25, 0.3) is 0 Å². The lowest BCUT2D eigenvalue weighted by molar-refractivity contribution is -0.119. The van der Waals surface area contributed by atoms with Crippen LogP contribution in [0.3, 0.4) is 0 Å². The number of halogens is 2. The molecule has 2 aromatic carbocycles. The molecule has 2 aromatic rings. The van der Waals surface area contributed by atoms with Gasteiger partial charge in [-0.05, 0) is 63.4 Å². The highest BCUT2D eigenvalue weighted by atomic mass is 79.9. The van der Waals surface area contributed by atoms with Crippen molar-refractivity contribution in [3.63, 3.8) is 0 Å². The van der Waals surface area contributed by atoms with Crippen LogP contribution in [0.15, 0.2) is 63.4 Å². The van der Waals surface area contributed by atoms with Crippen molar-refractivity contribution in [1.29, 1.82) is 0 Å². The minimum absolute atomic E-state index is 0.108. The lowest BCUT2D eigenvalue weighted by Gasteiger charge is -2.48. The van der Waals surface area contributed by atoms with E-state index in [0.717, 1.165) is 46.5 Å². The summed E-state index contributed by atoms with van der Waals surface area (Å²) >= 11 is 10.0. The first kappa shape index (κ1) is 28.0. The number of allylic oxidation sites excluding steroid dienone is 4. The van der Waals surface area contributed by atoms with Crippen LogP contribution in [0.1, 0.15) is 70.4 Å². The van der Waals surface area contributed by atoms with Crippen LogP contribution in [0, 0.1) is 10.8 Å². The van der Waals surface area contributed by atoms with E-state index < -0.39 is 5.92 Å². The van der Waals surface area contributed by atoms with Gasteiger partial charge in [-0.25, -0.2) is 0 Å². The Morgan fingerprint density at radius 1 is 0.949 bits per heavy atom. The van der Waals surface area contributed by atoms with Gasteiger partial charge in [0.05, 0.1) is 11.6 Å². The summed E-state index contributed by atoms with van der Waals surface area (Å²) in [5.41, 5.74) is 4.95. The smallest absolute Gasteiger partial charge is 0.175 e. The Morgan fingerprint density at radius 3 is 2.05 bits per heavy atom. The first-order valence-electron chi connectivity index (χ1n) is 13.3. The maximum absolute atomic E-state index is 13.8. The Kier molecular flexibility index (Phi) is 7.26. The number of hydrogen-bond acceptors (Lipinski definition) is 5. The molecule has 0 saturated carbocycles. The van der Waals surface area contributed by atoms with E-state index in [0.29, 0.717) is 33.8 Å². The van der Waals surface area contributed by atoms with Crippen LogP contribution in [-0.2, 0) is 16.2 Å². The summed E-state index contributed by atoms with van der Waals surface area (Å²) < 4.78 is 12.7. The van der Waals surface area contributed by atoms with Gasteiger partial charge in [0.2, 0.25) is 0 Å². The number of ether oxygens (including phenoxy) is 2. The molecule has 0 spiro atoms. The molecule has 1 heterocycles. The van der Waals surface area contributed by atoms with Crippen LogP contribution in [-0.4, -0.2) is 30.6 Å². The van der Waals surface area contributed by atoms with Crippen molar-refractivity contribution in [3.05, 3.63) is 79.6 Å². The molecule has 39 heavy (non-hydrogen) atoms. The summed E-state index contributed by atoms with van der Waals surface area (Å²) in [5.74, 6) is 0.848. The Bertz CT molecular complexity index is 1380. The number of methoxy groups -OCH3 is 1. The second kappa shape index (κ2) is 10.1. The van der Waals surface area contributed by atoms with Gasteiger partial charge in [-0.15, -0.1) is 0 Å². The number of ketones is 2. The van der Waals surface area contributed by atoms with E-state index in [4.69, 9.17) is 21.1 Å². The van der Waals surface area contributed by atoms with Gasteiger partial charge in [-0.1, -0.05) is 57.5 Å². The molecular formula is C32H35BrClNO4. The molecule has 2 aliphatic carbocycles. The molecule has 0 aromatic heterocycles. The molecular weight excluding hydrogens is 578 g/mol. The monoisotopic (exact) mass is 611 g/mol. The van der Waals surface area contributed by atoms with E-state index in [1.54, 1.807) is 7.11 Å². The summed E-state index contributed by atoms with van der Waals surface area (Å²) in [5, 5.41) is 0.631. The summed E-state index contributed by atoms with van der Waals surface area (Å²) in [4.78, 5) is 29.7. The molecule has 0 unspecified atom stereocenters. The normalized spacial score (nSPS) is 20.7. The van der Waals surface area contributed by atoms with Crippen molar-refractivity contribution in [3.8, 4) is 11.5 Å². The van der Waals surface area contributed by atoms with Crippen molar-refractivity contribution in [2.75, 3.05) is 14.2 Å². The van der Waals surface area contributed by atoms with E-state index in [2.05, 4.69) is 48.5 Å². The summed E-state index contributed by atoms with van der Waals surface area (Å²) in [7, 11) is 3.62. The Labute approximate surface area is 244 Å². The molecule has 5 nitrogen and oxygen atoms in total. The summed E-state index contributed by atoms with van der Waals surface area (Å²) in [6, 6.07) is 11.4. The zero-order chi connectivity index (χ0) is 28.3. The lowest BCUT2D eigenvalue weighted by Crippen LogP contribution is -2.43. The average molecular weight is 613 g/mol. The third kappa shape index (κ3) is 5.18. The Morgan fingerprint density at radius 2 is 1.51 bits per heavy atom. The molecule has 7 heteroatoms. The second-order valence-corrected chi connectivity index (χ2v) is 13.8. The minimum atomic E-state index is -0.443. The molecule has 3 aliphatic rings. The highest BCUT2D eigenvalue weighted by Gasteiger charge is 2.48. The molecule has 0 saturated heterocycles. The van der Waals surface area contributed by atoms with Crippen molar-refractivity contribution >= 4 is 39.1 Å². The molecule has 0 N–H and O–H groups in total. The largest absolute Gasteiger partial charge is 0.493 e. The topological polar surface area (TPSA) is 55.8 Å². The summed E-state index contributed by atoms with van der Waals surface area (Å²) in [6.07, 6.45) is 2.47. The van der Waals surface area contributed by atoms with E-state index in [1.165, 1.54) is 0 Å². The van der Waals surface area contributed by atoms with Crippen LogP contribution < -0.4 is 9.47 Å². The predicted molar refractivity (Wildman–Crippen MR) is 157 cm³/mol. The zero-order valence-electron chi connectivity index (χ0n) is 23.4. The standard InChI is InChI=1S/C32H35BrClNO4/c1-31(2)13-22-28(24(36)15-31)27(29-23(35(22)5)14-32(3,4)16-25(29)37)19-11-20(33)30(26(12-19)38-6)39-17-18-9-7-8-10-21(18)34/h7-12,27H,13-17H2,1-6H3. The van der Waals surface area contributed by atoms with Crippen LogP contribution in [0.2, 0.25) is 5.02 Å². The van der Waals surface area contributed by atoms with Gasteiger partial charge in [-0.3, -0.25) is 9.59 Å². The number of benzene rings is 2. The van der Waals surface area contributed by atoms with Crippen molar-refractivity contribution < 1.29 is 19.1 Å². The molecule has 0 radical (unpaired) electrons. The molecule has 0 fully saturated rings. The number of nitrogens with zero attached hydrogens (tertiary/aromatic N) is 1. The number of carbonyl (C=O) groups is 2. The molecule has 0 amide bonds.